The maximum Gasteiger partial charge on any atom is 0.421 e. The fourth-order valence-corrected chi connectivity index (χ4v) is 4.86. The topological polar surface area (TPSA) is 150 Å². The average molecular weight is 455 g/mol. The molecule has 2 amide bonds. The Morgan fingerprint density at radius 2 is 1.55 bits per heavy atom. The summed E-state index contributed by atoms with van der Waals surface area (Å²) in [4.78, 5) is 25.7. The zero-order valence-corrected chi connectivity index (χ0v) is 18.8. The van der Waals surface area contributed by atoms with Gasteiger partial charge in [-0.25, -0.2) is 4.79 Å². The van der Waals surface area contributed by atoms with E-state index in [0.717, 1.165) is 9.47 Å². The number of sulfonamides is 1. The van der Waals surface area contributed by atoms with Gasteiger partial charge >= 0.3 is 6.09 Å². The molecule has 2 rings (SSSR count). The number of aromatic nitrogens is 1. The summed E-state index contributed by atoms with van der Waals surface area (Å²) in [6.45, 7) is 4.05. The smallest absolute Gasteiger partial charge is 0.421 e. The number of methoxy groups -OCH3 is 1. The Labute approximate surface area is 179 Å². The van der Waals surface area contributed by atoms with Crippen LogP contribution in [0.2, 0.25) is 0 Å². The van der Waals surface area contributed by atoms with E-state index in [2.05, 4.69) is 0 Å². The van der Waals surface area contributed by atoms with Gasteiger partial charge in [-0.1, -0.05) is 0 Å². The highest BCUT2D eigenvalue weighted by Gasteiger charge is 2.45. The average Bonchev–Trinajstić information content (AvgIpc) is 2.91. The Hall–Kier alpha value is -3.41. The van der Waals surface area contributed by atoms with Crippen molar-refractivity contribution in [3.05, 3.63) is 30.0 Å². The predicted molar refractivity (Wildman–Crippen MR) is 110 cm³/mol. The highest BCUT2D eigenvalue weighted by atomic mass is 32.2. The molecule has 0 radical (unpaired) electrons. The molecule has 0 aliphatic rings. The van der Waals surface area contributed by atoms with Crippen molar-refractivity contribution in [2.24, 2.45) is 0 Å². The second kappa shape index (κ2) is 8.02. The number of benzene rings is 1. The first kappa shape index (κ1) is 23.9. The molecule has 0 aliphatic heterocycles. The third kappa shape index (κ3) is 4.10. The van der Waals surface area contributed by atoms with E-state index in [0.29, 0.717) is 5.75 Å². The number of carboxylic acid groups (broad SMARTS) is 1. The van der Waals surface area contributed by atoms with E-state index >= 15 is 0 Å². The molecule has 0 atom stereocenters. The van der Waals surface area contributed by atoms with Gasteiger partial charge in [-0.3, -0.25) is 9.36 Å². The van der Waals surface area contributed by atoms with Crippen molar-refractivity contribution in [1.82, 2.24) is 13.8 Å². The molecule has 11 nitrogen and oxygen atoms in total. The number of hydrogen-bond donors (Lipinski definition) is 3. The van der Waals surface area contributed by atoms with E-state index in [9.17, 15) is 33.3 Å². The Kier molecular flexibility index (Phi) is 6.18. The largest absolute Gasteiger partial charge is 0.503 e. The van der Waals surface area contributed by atoms with Crippen LogP contribution >= 0.6 is 0 Å². The van der Waals surface area contributed by atoms with Gasteiger partial charge in [0.1, 0.15) is 5.75 Å². The van der Waals surface area contributed by atoms with Crippen LogP contribution in [0.3, 0.4) is 0 Å². The molecular weight excluding hydrogens is 430 g/mol. The summed E-state index contributed by atoms with van der Waals surface area (Å²) in [6.07, 6.45) is -1.80. The van der Waals surface area contributed by atoms with Gasteiger partial charge in [-0.15, -0.1) is 0 Å². The summed E-state index contributed by atoms with van der Waals surface area (Å²) in [5.74, 6) is -2.53. The predicted octanol–water partition coefficient (Wildman–Crippen LogP) is 2.07. The van der Waals surface area contributed by atoms with Crippen LogP contribution in [-0.4, -0.2) is 76.3 Å². The molecule has 12 heteroatoms. The lowest BCUT2D eigenvalue weighted by molar-refractivity contribution is 0.0816. The zero-order chi connectivity index (χ0) is 23.9. The molecule has 3 N–H and O–H groups in total. The maximum absolute atomic E-state index is 13.4. The minimum atomic E-state index is -4.96. The van der Waals surface area contributed by atoms with E-state index in [1.54, 1.807) is 0 Å². The number of carbonyl (C=O) groups is 2. The van der Waals surface area contributed by atoms with Gasteiger partial charge in [0.25, 0.3) is 15.9 Å². The number of nitrogens with zero attached hydrogens (tertiary/aromatic N) is 3. The maximum atomic E-state index is 13.4. The van der Waals surface area contributed by atoms with Gasteiger partial charge in [0.05, 0.1) is 12.6 Å². The summed E-state index contributed by atoms with van der Waals surface area (Å²) >= 11 is 0. The van der Waals surface area contributed by atoms with Crippen LogP contribution in [0.25, 0.3) is 5.69 Å². The Morgan fingerprint density at radius 1 is 1.03 bits per heavy atom. The summed E-state index contributed by atoms with van der Waals surface area (Å²) < 4.78 is 32.9. The molecule has 0 spiro atoms. The molecule has 0 bridgehead atoms. The van der Waals surface area contributed by atoms with Crippen LogP contribution < -0.4 is 4.74 Å². The summed E-state index contributed by atoms with van der Waals surface area (Å²) in [5, 5.41) is 29.7. The van der Waals surface area contributed by atoms with Crippen LogP contribution in [0.1, 0.15) is 31.3 Å². The van der Waals surface area contributed by atoms with Gasteiger partial charge in [-0.05, 0) is 45.0 Å². The van der Waals surface area contributed by atoms with Crippen LogP contribution in [-0.2, 0) is 10.0 Å². The van der Waals surface area contributed by atoms with Crippen molar-refractivity contribution < 1.29 is 38.1 Å². The Morgan fingerprint density at radius 3 is 1.94 bits per heavy atom. The lowest BCUT2D eigenvalue weighted by atomic mass is 10.1. The van der Waals surface area contributed by atoms with Crippen molar-refractivity contribution in [3.8, 4) is 22.9 Å². The van der Waals surface area contributed by atoms with E-state index in [-0.39, 0.29) is 9.99 Å². The van der Waals surface area contributed by atoms with Crippen molar-refractivity contribution in [3.63, 3.8) is 0 Å². The SMILES string of the molecule is COc1ccc(-n2c(C(=O)N(C)C)c(O)c(O)c2S(=O)(=O)N(C(=O)O)C(C)(C)C)cc1. The second-order valence-corrected chi connectivity index (χ2v) is 9.51. The number of aromatic hydroxyl groups is 2. The number of amides is 2. The monoisotopic (exact) mass is 455 g/mol. The van der Waals surface area contributed by atoms with Crippen LogP contribution in [0.4, 0.5) is 4.79 Å². The lowest BCUT2D eigenvalue weighted by Crippen LogP contribution is -2.49. The van der Waals surface area contributed by atoms with Gasteiger partial charge in [0, 0.05) is 19.8 Å². The number of hydrogen-bond acceptors (Lipinski definition) is 7. The minimum absolute atomic E-state index is 0.0689. The van der Waals surface area contributed by atoms with Crippen LogP contribution in [0, 0.1) is 0 Å². The van der Waals surface area contributed by atoms with Crippen LogP contribution in [0.5, 0.6) is 17.2 Å². The number of ether oxygens (including phenoxy) is 1. The van der Waals surface area contributed by atoms with Crippen LogP contribution in [0.15, 0.2) is 29.3 Å². The molecule has 0 aliphatic carbocycles. The van der Waals surface area contributed by atoms with E-state index in [4.69, 9.17) is 4.74 Å². The van der Waals surface area contributed by atoms with E-state index < -0.39 is 49.8 Å². The van der Waals surface area contributed by atoms with Crippen molar-refractivity contribution >= 4 is 22.0 Å². The van der Waals surface area contributed by atoms with E-state index in [1.165, 1.54) is 66.2 Å². The molecule has 0 fully saturated rings. The van der Waals surface area contributed by atoms with Gasteiger partial charge in [0.2, 0.25) is 5.03 Å². The molecule has 0 unspecified atom stereocenters. The molecule has 1 aromatic heterocycles. The van der Waals surface area contributed by atoms with Crippen molar-refractivity contribution in [1.29, 1.82) is 0 Å². The standard InChI is InChI=1S/C19H25N3O8S/c1-19(2,3)22(18(26)27)31(28,29)17-15(24)14(23)13(16(25)20(4)5)21(17)11-7-9-12(30-6)10-8-11/h7-10,23-24H,1-6H3,(H,26,27). The highest BCUT2D eigenvalue weighted by molar-refractivity contribution is 7.89. The van der Waals surface area contributed by atoms with Crippen molar-refractivity contribution in [2.45, 2.75) is 31.3 Å². The lowest BCUT2D eigenvalue weighted by Gasteiger charge is -2.32. The van der Waals surface area contributed by atoms with Gasteiger partial charge in [0.15, 0.2) is 17.2 Å². The van der Waals surface area contributed by atoms with E-state index in [1.807, 2.05) is 0 Å². The molecule has 1 aromatic carbocycles. The quantitative estimate of drug-likeness (QED) is 0.620. The first-order valence-corrected chi connectivity index (χ1v) is 10.4. The molecule has 2 aromatic rings. The molecule has 1 heterocycles. The normalized spacial score (nSPS) is 11.8. The zero-order valence-electron chi connectivity index (χ0n) is 17.9. The summed E-state index contributed by atoms with van der Waals surface area (Å²) in [7, 11) is -0.791. The molecule has 0 saturated carbocycles. The third-order valence-electron chi connectivity index (χ3n) is 4.28. The first-order chi connectivity index (χ1) is 14.2. The Balaban J connectivity index is 3.01. The van der Waals surface area contributed by atoms with Gasteiger partial charge in [-0.2, -0.15) is 12.7 Å². The highest BCUT2D eigenvalue weighted by Crippen LogP contribution is 2.43. The third-order valence-corrected chi connectivity index (χ3v) is 6.33. The van der Waals surface area contributed by atoms with Crippen molar-refractivity contribution in [2.75, 3.05) is 21.2 Å². The Bertz CT molecular complexity index is 1110. The fourth-order valence-electron chi connectivity index (χ4n) is 2.99. The molecule has 0 saturated heterocycles. The number of rotatable bonds is 5. The molecule has 170 valence electrons. The molecule has 31 heavy (non-hydrogen) atoms. The second-order valence-electron chi connectivity index (χ2n) is 7.81. The minimum Gasteiger partial charge on any atom is -0.503 e. The summed E-state index contributed by atoms with van der Waals surface area (Å²) in [5.41, 5.74) is -1.92. The summed E-state index contributed by atoms with van der Waals surface area (Å²) in [6, 6.07) is 5.74. The fraction of sp³-hybridized carbons (Fsp3) is 0.368. The van der Waals surface area contributed by atoms with Gasteiger partial charge < -0.3 is 25.0 Å². The first-order valence-electron chi connectivity index (χ1n) is 8.97. The molecular formula is C19H25N3O8S. The number of carbonyl (C=O) groups excluding carboxylic acids is 1.